The highest BCUT2D eigenvalue weighted by molar-refractivity contribution is 6.29. The molecule has 2 nitrogen and oxygen atoms in total. The van der Waals surface area contributed by atoms with Crippen LogP contribution in [-0.2, 0) is 0 Å². The molecular weight excluding hydrogens is 241 g/mol. The molecule has 0 bridgehead atoms. The van der Waals surface area contributed by atoms with Crippen molar-refractivity contribution in [2.75, 3.05) is 6.54 Å². The standard InChI is InChI=1S/C10H12ClF3N2/c1-7(15-5-3-10(12,13)14)8-2-4-16-9(11)6-8/h2,4,6-7,15H,3,5H2,1H3. The number of aromatic nitrogens is 1. The van der Waals surface area contributed by atoms with E-state index in [4.69, 9.17) is 11.6 Å². The number of pyridine rings is 1. The summed E-state index contributed by atoms with van der Waals surface area (Å²) in [4.78, 5) is 3.80. The minimum Gasteiger partial charge on any atom is -0.310 e. The summed E-state index contributed by atoms with van der Waals surface area (Å²) < 4.78 is 35.7. The molecule has 16 heavy (non-hydrogen) atoms. The first-order valence-corrected chi connectivity index (χ1v) is 5.18. The number of hydrogen-bond acceptors (Lipinski definition) is 2. The lowest BCUT2D eigenvalue weighted by atomic mass is 10.1. The van der Waals surface area contributed by atoms with Crippen LogP contribution in [0.1, 0.15) is 24.9 Å². The minimum absolute atomic E-state index is 0.107. The molecule has 1 heterocycles. The van der Waals surface area contributed by atoms with Gasteiger partial charge >= 0.3 is 6.18 Å². The fraction of sp³-hybridized carbons (Fsp3) is 0.500. The molecule has 0 aromatic carbocycles. The number of hydrogen-bond donors (Lipinski definition) is 1. The fourth-order valence-corrected chi connectivity index (χ4v) is 1.42. The lowest BCUT2D eigenvalue weighted by molar-refractivity contribution is -0.133. The van der Waals surface area contributed by atoms with Crippen molar-refractivity contribution in [1.29, 1.82) is 0 Å². The highest BCUT2D eigenvalue weighted by Gasteiger charge is 2.26. The van der Waals surface area contributed by atoms with Crippen LogP contribution in [0.5, 0.6) is 0 Å². The Balaban J connectivity index is 2.44. The van der Waals surface area contributed by atoms with Crippen molar-refractivity contribution in [3.63, 3.8) is 0 Å². The van der Waals surface area contributed by atoms with Gasteiger partial charge in [-0.25, -0.2) is 4.98 Å². The molecule has 0 saturated carbocycles. The van der Waals surface area contributed by atoms with Crippen LogP contribution in [0, 0.1) is 0 Å². The quantitative estimate of drug-likeness (QED) is 0.832. The Bertz CT molecular complexity index is 341. The molecule has 0 amide bonds. The molecule has 0 saturated heterocycles. The normalized spacial score (nSPS) is 13.8. The smallest absolute Gasteiger partial charge is 0.310 e. The van der Waals surface area contributed by atoms with Gasteiger partial charge in [0.05, 0.1) is 6.42 Å². The third kappa shape index (κ3) is 4.81. The molecule has 1 aromatic heterocycles. The van der Waals surface area contributed by atoms with E-state index in [2.05, 4.69) is 10.3 Å². The first kappa shape index (κ1) is 13.3. The van der Waals surface area contributed by atoms with Gasteiger partial charge in [-0.05, 0) is 24.6 Å². The zero-order valence-electron chi connectivity index (χ0n) is 8.68. The zero-order valence-corrected chi connectivity index (χ0v) is 9.44. The summed E-state index contributed by atoms with van der Waals surface area (Å²) in [5.41, 5.74) is 0.821. The van der Waals surface area contributed by atoms with E-state index < -0.39 is 12.6 Å². The van der Waals surface area contributed by atoms with Gasteiger partial charge < -0.3 is 5.32 Å². The Hall–Kier alpha value is -0.810. The van der Waals surface area contributed by atoms with Crippen LogP contribution >= 0.6 is 11.6 Å². The molecule has 0 fully saturated rings. The Kier molecular flexibility index (Phi) is 4.56. The molecule has 1 unspecified atom stereocenters. The first-order valence-electron chi connectivity index (χ1n) is 4.80. The van der Waals surface area contributed by atoms with Gasteiger partial charge in [-0.15, -0.1) is 0 Å². The molecule has 0 aliphatic rings. The first-order chi connectivity index (χ1) is 7.38. The van der Waals surface area contributed by atoms with Crippen molar-refractivity contribution in [3.8, 4) is 0 Å². The van der Waals surface area contributed by atoms with Gasteiger partial charge in [0.15, 0.2) is 0 Å². The summed E-state index contributed by atoms with van der Waals surface area (Å²) in [5.74, 6) is 0. The van der Waals surface area contributed by atoms with E-state index in [1.807, 2.05) is 0 Å². The van der Waals surface area contributed by atoms with Crippen LogP contribution in [0.15, 0.2) is 18.3 Å². The van der Waals surface area contributed by atoms with Crippen molar-refractivity contribution in [2.45, 2.75) is 25.6 Å². The van der Waals surface area contributed by atoms with E-state index in [-0.39, 0.29) is 12.6 Å². The number of alkyl halides is 3. The van der Waals surface area contributed by atoms with Crippen molar-refractivity contribution < 1.29 is 13.2 Å². The maximum atomic E-state index is 11.9. The second kappa shape index (κ2) is 5.50. The lowest BCUT2D eigenvalue weighted by Crippen LogP contribution is -2.24. The van der Waals surface area contributed by atoms with Crippen LogP contribution in [0.4, 0.5) is 13.2 Å². The lowest BCUT2D eigenvalue weighted by Gasteiger charge is -2.15. The van der Waals surface area contributed by atoms with E-state index in [9.17, 15) is 13.2 Å². The van der Waals surface area contributed by atoms with E-state index in [0.717, 1.165) is 5.56 Å². The van der Waals surface area contributed by atoms with Gasteiger partial charge in [0.1, 0.15) is 5.15 Å². The maximum absolute atomic E-state index is 11.9. The summed E-state index contributed by atoms with van der Waals surface area (Å²) >= 11 is 5.68. The monoisotopic (exact) mass is 252 g/mol. The Morgan fingerprint density at radius 2 is 2.19 bits per heavy atom. The Morgan fingerprint density at radius 1 is 1.50 bits per heavy atom. The molecule has 1 rings (SSSR count). The summed E-state index contributed by atoms with van der Waals surface area (Å²) in [5, 5.41) is 3.11. The second-order valence-electron chi connectivity index (χ2n) is 3.45. The SMILES string of the molecule is CC(NCCC(F)(F)F)c1ccnc(Cl)c1. The van der Waals surface area contributed by atoms with Gasteiger partial charge in [0, 0.05) is 18.8 Å². The zero-order chi connectivity index (χ0) is 12.2. The number of rotatable bonds is 4. The predicted octanol–water partition coefficient (Wildman–Crippen LogP) is 3.34. The van der Waals surface area contributed by atoms with Crippen molar-refractivity contribution in [3.05, 3.63) is 29.0 Å². The van der Waals surface area contributed by atoms with Gasteiger partial charge in [0.25, 0.3) is 0 Å². The molecule has 0 spiro atoms. The predicted molar refractivity (Wildman–Crippen MR) is 56.3 cm³/mol. The average Bonchev–Trinajstić information content (AvgIpc) is 2.15. The van der Waals surface area contributed by atoms with Crippen LogP contribution in [0.25, 0.3) is 0 Å². The molecular formula is C10H12ClF3N2. The van der Waals surface area contributed by atoms with Crippen molar-refractivity contribution in [2.24, 2.45) is 0 Å². The summed E-state index contributed by atoms with van der Waals surface area (Å²) in [6.07, 6.45) is -3.43. The van der Waals surface area contributed by atoms with Gasteiger partial charge in [0.2, 0.25) is 0 Å². The molecule has 0 radical (unpaired) electrons. The van der Waals surface area contributed by atoms with Gasteiger partial charge in [-0.1, -0.05) is 11.6 Å². The van der Waals surface area contributed by atoms with E-state index in [1.165, 1.54) is 6.20 Å². The second-order valence-corrected chi connectivity index (χ2v) is 3.84. The minimum atomic E-state index is -4.12. The van der Waals surface area contributed by atoms with Crippen LogP contribution in [0.3, 0.4) is 0 Å². The topological polar surface area (TPSA) is 24.9 Å². The van der Waals surface area contributed by atoms with E-state index in [1.54, 1.807) is 19.1 Å². The highest BCUT2D eigenvalue weighted by atomic mass is 35.5. The molecule has 1 N–H and O–H groups in total. The van der Waals surface area contributed by atoms with Crippen LogP contribution < -0.4 is 5.32 Å². The average molecular weight is 253 g/mol. The largest absolute Gasteiger partial charge is 0.390 e. The molecule has 6 heteroatoms. The molecule has 0 aliphatic heterocycles. The van der Waals surface area contributed by atoms with E-state index >= 15 is 0 Å². The third-order valence-electron chi connectivity index (χ3n) is 2.11. The Morgan fingerprint density at radius 3 is 2.75 bits per heavy atom. The fourth-order valence-electron chi connectivity index (χ4n) is 1.24. The Labute approximate surface area is 96.8 Å². The number of nitrogens with zero attached hydrogens (tertiary/aromatic N) is 1. The maximum Gasteiger partial charge on any atom is 0.390 e. The summed E-state index contributed by atoms with van der Waals surface area (Å²) in [6, 6.07) is 3.17. The number of nitrogens with one attached hydrogen (secondary N) is 1. The molecule has 1 atom stereocenters. The van der Waals surface area contributed by atoms with Gasteiger partial charge in [-0.2, -0.15) is 13.2 Å². The summed E-state index contributed by atoms with van der Waals surface area (Å²) in [6.45, 7) is 1.67. The third-order valence-corrected chi connectivity index (χ3v) is 2.32. The van der Waals surface area contributed by atoms with Gasteiger partial charge in [-0.3, -0.25) is 0 Å². The van der Waals surface area contributed by atoms with E-state index in [0.29, 0.717) is 5.15 Å². The molecule has 0 aliphatic carbocycles. The van der Waals surface area contributed by atoms with Crippen molar-refractivity contribution in [1.82, 2.24) is 10.3 Å². The number of halogens is 4. The highest BCUT2D eigenvalue weighted by Crippen LogP contribution is 2.20. The molecule has 90 valence electrons. The van der Waals surface area contributed by atoms with Crippen LogP contribution in [0.2, 0.25) is 5.15 Å². The van der Waals surface area contributed by atoms with Crippen molar-refractivity contribution >= 4 is 11.6 Å². The summed E-state index contributed by atoms with van der Waals surface area (Å²) in [7, 11) is 0. The molecule has 1 aromatic rings. The van der Waals surface area contributed by atoms with Crippen LogP contribution in [-0.4, -0.2) is 17.7 Å².